The van der Waals surface area contributed by atoms with Crippen molar-refractivity contribution in [2.24, 2.45) is 4.99 Å². The number of methoxy groups -OCH3 is 1. The van der Waals surface area contributed by atoms with Gasteiger partial charge < -0.3 is 9.30 Å². The lowest BCUT2D eigenvalue weighted by Gasteiger charge is -2.26. The Kier molecular flexibility index (Phi) is 4.60. The van der Waals surface area contributed by atoms with Gasteiger partial charge in [-0.25, -0.2) is 14.8 Å². The number of ether oxygens (including phenoxy) is 1. The van der Waals surface area contributed by atoms with Crippen LogP contribution in [-0.2, 0) is 4.74 Å². The van der Waals surface area contributed by atoms with E-state index in [9.17, 15) is 4.79 Å². The lowest BCUT2D eigenvalue weighted by atomic mass is 9.95. The predicted octanol–water partition coefficient (Wildman–Crippen LogP) is 5.59. The number of rotatable bonds is 3. The zero-order chi connectivity index (χ0) is 20.7. The SMILES string of the molecule is COC(=O)c1ccc(C2CC(c3ccc(Cl)cc3)=Nc3nc4ccccc4n32)cc1. The van der Waals surface area contributed by atoms with Crippen LogP contribution in [0.1, 0.15) is 33.9 Å². The summed E-state index contributed by atoms with van der Waals surface area (Å²) < 4.78 is 6.99. The van der Waals surface area contributed by atoms with Crippen LogP contribution in [0.3, 0.4) is 0 Å². The van der Waals surface area contributed by atoms with Crippen molar-refractivity contribution in [2.45, 2.75) is 12.5 Å². The number of nitrogens with zero attached hydrogens (tertiary/aromatic N) is 3. The van der Waals surface area contributed by atoms with Crippen molar-refractivity contribution in [2.75, 3.05) is 7.11 Å². The molecule has 1 aromatic heterocycles. The van der Waals surface area contributed by atoms with Gasteiger partial charge in [-0.3, -0.25) is 0 Å². The number of benzene rings is 3. The largest absolute Gasteiger partial charge is 0.465 e. The van der Waals surface area contributed by atoms with Gasteiger partial charge in [0, 0.05) is 11.4 Å². The molecular weight excluding hydrogens is 398 g/mol. The molecule has 0 saturated carbocycles. The molecule has 0 spiro atoms. The van der Waals surface area contributed by atoms with Crippen molar-refractivity contribution in [3.63, 3.8) is 0 Å². The van der Waals surface area contributed by atoms with Crippen molar-refractivity contribution >= 4 is 40.3 Å². The molecule has 0 radical (unpaired) electrons. The third kappa shape index (κ3) is 3.17. The molecule has 4 aromatic rings. The van der Waals surface area contributed by atoms with Gasteiger partial charge in [0.15, 0.2) is 0 Å². The van der Waals surface area contributed by atoms with E-state index < -0.39 is 0 Å². The number of esters is 1. The van der Waals surface area contributed by atoms with Crippen LogP contribution in [0.25, 0.3) is 11.0 Å². The van der Waals surface area contributed by atoms with Crippen LogP contribution in [0.15, 0.2) is 77.8 Å². The summed E-state index contributed by atoms with van der Waals surface area (Å²) in [6.45, 7) is 0. The number of aliphatic imine (C=N–C) groups is 1. The number of carbonyl (C=O) groups is 1. The van der Waals surface area contributed by atoms with Gasteiger partial charge >= 0.3 is 5.97 Å². The summed E-state index contributed by atoms with van der Waals surface area (Å²) in [6.07, 6.45) is 0.701. The summed E-state index contributed by atoms with van der Waals surface area (Å²) in [7, 11) is 1.39. The lowest BCUT2D eigenvalue weighted by molar-refractivity contribution is 0.0600. The highest BCUT2D eigenvalue weighted by Gasteiger charge is 2.27. The number of imidazole rings is 1. The van der Waals surface area contributed by atoms with Crippen molar-refractivity contribution in [3.05, 3.63) is 94.5 Å². The molecule has 0 amide bonds. The first kappa shape index (κ1) is 18.6. The highest BCUT2D eigenvalue weighted by Crippen LogP contribution is 2.37. The molecule has 5 rings (SSSR count). The van der Waals surface area contributed by atoms with Gasteiger partial charge in [0.2, 0.25) is 5.95 Å². The monoisotopic (exact) mass is 415 g/mol. The smallest absolute Gasteiger partial charge is 0.337 e. The minimum atomic E-state index is -0.345. The van der Waals surface area contributed by atoms with E-state index >= 15 is 0 Å². The fourth-order valence-corrected chi connectivity index (χ4v) is 4.04. The summed E-state index contributed by atoms with van der Waals surface area (Å²) >= 11 is 6.07. The van der Waals surface area contributed by atoms with Gasteiger partial charge in [-0.2, -0.15) is 0 Å². The molecule has 0 aliphatic carbocycles. The number of carbonyl (C=O) groups excluding carboxylic acids is 1. The number of halogens is 1. The molecule has 5 nitrogen and oxygen atoms in total. The molecule has 0 bridgehead atoms. The van der Waals surface area contributed by atoms with Gasteiger partial charge in [0.25, 0.3) is 0 Å². The third-order valence-corrected chi connectivity index (χ3v) is 5.66. The van der Waals surface area contributed by atoms with E-state index in [-0.39, 0.29) is 12.0 Å². The Morgan fingerprint density at radius 2 is 1.77 bits per heavy atom. The van der Waals surface area contributed by atoms with E-state index in [1.54, 1.807) is 12.1 Å². The van der Waals surface area contributed by atoms with Crippen LogP contribution in [0.4, 0.5) is 5.95 Å². The standard InChI is InChI=1S/C24H18ClN3O2/c1-30-23(29)17-8-6-16(7-9-17)22-14-20(15-10-12-18(25)13-11-15)27-24-26-19-4-2-3-5-21(19)28(22)24/h2-13,22H,14H2,1H3. The van der Waals surface area contributed by atoms with Crippen LogP contribution >= 0.6 is 11.6 Å². The van der Waals surface area contributed by atoms with Crippen LogP contribution in [0, 0.1) is 0 Å². The van der Waals surface area contributed by atoms with E-state index in [1.807, 2.05) is 54.6 Å². The fraction of sp³-hybridized carbons (Fsp3) is 0.125. The summed E-state index contributed by atoms with van der Waals surface area (Å²) in [5, 5.41) is 0.692. The molecule has 2 heterocycles. The summed E-state index contributed by atoms with van der Waals surface area (Å²) in [5.41, 5.74) is 5.52. The predicted molar refractivity (Wildman–Crippen MR) is 118 cm³/mol. The van der Waals surface area contributed by atoms with E-state index in [0.717, 1.165) is 27.9 Å². The van der Waals surface area contributed by atoms with Gasteiger partial charge in [0.1, 0.15) is 0 Å². The molecule has 0 fully saturated rings. The number of fused-ring (bicyclic) bond motifs is 3. The molecule has 1 aliphatic heterocycles. The Morgan fingerprint density at radius 1 is 1.03 bits per heavy atom. The van der Waals surface area contributed by atoms with Gasteiger partial charge in [-0.15, -0.1) is 0 Å². The molecule has 3 aromatic carbocycles. The first-order valence-corrected chi connectivity index (χ1v) is 10.0. The Bertz CT molecular complexity index is 1270. The molecule has 0 N–H and O–H groups in total. The highest BCUT2D eigenvalue weighted by molar-refractivity contribution is 6.30. The van der Waals surface area contributed by atoms with Crippen LogP contribution < -0.4 is 0 Å². The Labute approximate surface area is 178 Å². The van der Waals surface area contributed by atoms with E-state index in [1.165, 1.54) is 7.11 Å². The van der Waals surface area contributed by atoms with Crippen molar-refractivity contribution < 1.29 is 9.53 Å². The minimum Gasteiger partial charge on any atom is -0.465 e. The van der Waals surface area contributed by atoms with Crippen LogP contribution in [0.2, 0.25) is 5.02 Å². The number of para-hydroxylation sites is 2. The Balaban J connectivity index is 1.64. The molecule has 1 aliphatic rings. The molecule has 148 valence electrons. The second kappa shape index (κ2) is 7.43. The van der Waals surface area contributed by atoms with E-state index in [2.05, 4.69) is 10.6 Å². The maximum Gasteiger partial charge on any atom is 0.337 e. The maximum atomic E-state index is 11.8. The van der Waals surface area contributed by atoms with Gasteiger partial charge in [0.05, 0.1) is 35.5 Å². The fourth-order valence-electron chi connectivity index (χ4n) is 3.91. The molecule has 0 saturated heterocycles. The van der Waals surface area contributed by atoms with E-state index in [0.29, 0.717) is 23.0 Å². The molecule has 1 unspecified atom stereocenters. The first-order valence-electron chi connectivity index (χ1n) is 9.63. The van der Waals surface area contributed by atoms with Gasteiger partial charge in [-0.1, -0.05) is 48.0 Å². The zero-order valence-corrected chi connectivity index (χ0v) is 17.0. The maximum absolute atomic E-state index is 11.8. The van der Waals surface area contributed by atoms with Crippen LogP contribution in [0.5, 0.6) is 0 Å². The summed E-state index contributed by atoms with van der Waals surface area (Å²) in [5.74, 6) is 0.330. The lowest BCUT2D eigenvalue weighted by Crippen LogP contribution is -2.20. The highest BCUT2D eigenvalue weighted by atomic mass is 35.5. The number of hydrogen-bond donors (Lipinski definition) is 0. The zero-order valence-electron chi connectivity index (χ0n) is 16.2. The average Bonchev–Trinajstić information content (AvgIpc) is 3.17. The second-order valence-corrected chi connectivity index (χ2v) is 7.61. The third-order valence-electron chi connectivity index (χ3n) is 5.40. The van der Waals surface area contributed by atoms with Crippen molar-refractivity contribution in [3.8, 4) is 0 Å². The number of hydrogen-bond acceptors (Lipinski definition) is 4. The first-order chi connectivity index (χ1) is 14.6. The van der Waals surface area contributed by atoms with Crippen LogP contribution in [-0.4, -0.2) is 28.3 Å². The second-order valence-electron chi connectivity index (χ2n) is 7.17. The Hall–Kier alpha value is -3.44. The molecular formula is C24H18ClN3O2. The molecule has 1 atom stereocenters. The van der Waals surface area contributed by atoms with Crippen molar-refractivity contribution in [1.29, 1.82) is 0 Å². The summed E-state index contributed by atoms with van der Waals surface area (Å²) in [6, 6.07) is 23.3. The summed E-state index contributed by atoms with van der Waals surface area (Å²) in [4.78, 5) is 21.5. The number of aromatic nitrogens is 2. The average molecular weight is 416 g/mol. The van der Waals surface area contributed by atoms with E-state index in [4.69, 9.17) is 26.3 Å². The molecule has 6 heteroatoms. The topological polar surface area (TPSA) is 56.5 Å². The Morgan fingerprint density at radius 3 is 2.50 bits per heavy atom. The quantitative estimate of drug-likeness (QED) is 0.410. The minimum absolute atomic E-state index is 0.00211. The normalized spacial score (nSPS) is 15.5. The van der Waals surface area contributed by atoms with Crippen molar-refractivity contribution in [1.82, 2.24) is 9.55 Å². The molecule has 30 heavy (non-hydrogen) atoms. The van der Waals surface area contributed by atoms with Gasteiger partial charge in [-0.05, 0) is 47.5 Å².